The molecule has 0 radical (unpaired) electrons. The zero-order chi connectivity index (χ0) is 53.8. The van der Waals surface area contributed by atoms with Gasteiger partial charge in [0, 0.05) is 59.5 Å². The van der Waals surface area contributed by atoms with Gasteiger partial charge in [-0.1, -0.05) is 156 Å². The van der Waals surface area contributed by atoms with E-state index in [-0.39, 0.29) is 11.5 Å². The predicted octanol–water partition coefficient (Wildman–Crippen LogP) is 13.4. The second-order valence-corrected chi connectivity index (χ2v) is 26.9. The van der Waals surface area contributed by atoms with Gasteiger partial charge in [-0.05, 0) is 102 Å². The molecule has 0 unspecified atom stereocenters. The molecule has 8 rings (SSSR count). The van der Waals surface area contributed by atoms with Gasteiger partial charge in [-0.25, -0.2) is 9.78 Å². The van der Waals surface area contributed by atoms with Crippen LogP contribution >= 0.6 is 11.5 Å². The number of halogens is 3. The molecular weight excluding hydrogens is 984 g/mol. The number of pyridine rings is 1. The quantitative estimate of drug-likeness (QED) is 0.0479. The van der Waals surface area contributed by atoms with E-state index in [0.717, 1.165) is 33.0 Å². The highest BCUT2D eigenvalue weighted by atomic mass is 32.1. The smallest absolute Gasteiger partial charge is 0.406 e. The van der Waals surface area contributed by atoms with E-state index >= 15 is 13.2 Å². The Morgan fingerprint density at radius 2 is 1.33 bits per heavy atom. The number of hydrogen-bond donors (Lipinski definition) is 0. The molecule has 0 bridgehead atoms. The number of methoxy groups -OCH3 is 1. The number of rotatable bonds is 18. The summed E-state index contributed by atoms with van der Waals surface area (Å²) in [7, 11) is -1.45. The van der Waals surface area contributed by atoms with Crippen molar-refractivity contribution in [1.29, 1.82) is 0 Å². The van der Waals surface area contributed by atoms with Crippen molar-refractivity contribution in [2.24, 2.45) is 10.4 Å². The molecule has 3 heterocycles. The number of esters is 1. The van der Waals surface area contributed by atoms with Gasteiger partial charge in [0.05, 0.1) is 23.2 Å². The Balaban J connectivity index is 1.26. The Bertz CT molecular complexity index is 3160. The lowest BCUT2D eigenvalue weighted by Gasteiger charge is -2.44. The molecule has 9 nitrogen and oxygen atoms in total. The summed E-state index contributed by atoms with van der Waals surface area (Å²) in [4.78, 5) is 28.9. The Hall–Kier alpha value is -6.58. The van der Waals surface area contributed by atoms with E-state index in [9.17, 15) is 4.79 Å². The van der Waals surface area contributed by atoms with Crippen molar-refractivity contribution in [2.75, 3.05) is 13.7 Å². The second kappa shape index (κ2) is 22.3. The van der Waals surface area contributed by atoms with E-state index in [4.69, 9.17) is 33.2 Å². The number of fused-ring (bicyclic) bond motifs is 1. The van der Waals surface area contributed by atoms with Crippen LogP contribution in [0.1, 0.15) is 96.6 Å². The van der Waals surface area contributed by atoms with Crippen LogP contribution in [0.2, 0.25) is 5.04 Å². The highest BCUT2D eigenvalue weighted by Crippen LogP contribution is 2.44. The van der Waals surface area contributed by atoms with Crippen molar-refractivity contribution in [3.05, 3.63) is 186 Å². The molecule has 0 saturated heterocycles. The van der Waals surface area contributed by atoms with Crippen molar-refractivity contribution >= 4 is 52.8 Å². The van der Waals surface area contributed by atoms with Gasteiger partial charge in [0.2, 0.25) is 0 Å². The largest absolute Gasteiger partial charge is 0.458 e. The number of aromatic nitrogens is 4. The number of benzene rings is 5. The topological polar surface area (TPSA) is 101 Å². The Labute approximate surface area is 444 Å². The standard InChI is InChI=1S/C61H66F3N5O4SSi/c1-41(71-10)53-47(32-23-35-65-53)55-49(38-60(8,9)40-72-75(59(5,6)7,45-28-19-13-20-29-45)46-30-21-14-22-31-46)48-36-44(33-34-51(48)69(55)39-61(62,63)64)56-67-52(68-74-56)37-50(57(70)73-58(2,3)4)66-54(42-24-15-11-16-25-42)43-26-17-12-18-27-43/h11-36,41,50H,37-40H2,1-10H3/t41-,50-/m0/s1. The van der Waals surface area contributed by atoms with Crippen LogP contribution in [0.3, 0.4) is 0 Å². The van der Waals surface area contributed by atoms with E-state index in [1.807, 2.05) is 137 Å². The van der Waals surface area contributed by atoms with Gasteiger partial charge >= 0.3 is 12.1 Å². The molecule has 75 heavy (non-hydrogen) atoms. The van der Waals surface area contributed by atoms with E-state index < -0.39 is 50.2 Å². The average molecular weight is 1050 g/mol. The van der Waals surface area contributed by atoms with Crippen LogP contribution in [0.4, 0.5) is 13.2 Å². The molecule has 14 heteroatoms. The number of ether oxygens (including phenoxy) is 2. The van der Waals surface area contributed by atoms with Crippen LogP contribution in [-0.2, 0) is 38.1 Å². The molecule has 8 aromatic rings. The first-order valence-corrected chi connectivity index (χ1v) is 27.9. The number of aliphatic imine (C=N–C) groups is 1. The average Bonchev–Trinajstić information content (AvgIpc) is 3.97. The van der Waals surface area contributed by atoms with Gasteiger partial charge in [-0.3, -0.25) is 9.98 Å². The molecule has 3 aromatic heterocycles. The van der Waals surface area contributed by atoms with Crippen LogP contribution < -0.4 is 10.4 Å². The predicted molar refractivity (Wildman–Crippen MR) is 298 cm³/mol. The van der Waals surface area contributed by atoms with E-state index in [1.54, 1.807) is 31.5 Å². The maximum Gasteiger partial charge on any atom is 0.406 e. The van der Waals surface area contributed by atoms with Crippen molar-refractivity contribution in [1.82, 2.24) is 18.9 Å². The Morgan fingerprint density at radius 1 is 0.760 bits per heavy atom. The first kappa shape index (κ1) is 54.7. The number of alkyl halides is 3. The maximum absolute atomic E-state index is 15.1. The molecule has 5 aromatic carbocycles. The SMILES string of the molecule is CO[C@@H](C)c1ncccc1-c1c(CC(C)(C)CO[Si](c2ccccc2)(c2ccccc2)C(C)(C)C)c2cc(-c3nc(C[C@H](N=C(c4ccccc4)c4ccccc4)C(=O)OC(C)(C)C)ns3)ccc2n1CC(F)(F)F. The van der Waals surface area contributed by atoms with Gasteiger partial charge in [0.15, 0.2) is 6.04 Å². The Morgan fingerprint density at radius 3 is 1.87 bits per heavy atom. The summed E-state index contributed by atoms with van der Waals surface area (Å²) in [5, 5.41) is 3.13. The Kier molecular flexibility index (Phi) is 16.3. The van der Waals surface area contributed by atoms with Crippen molar-refractivity contribution in [3.8, 4) is 21.8 Å². The normalized spacial score (nSPS) is 13.4. The summed E-state index contributed by atoms with van der Waals surface area (Å²) < 4.78 is 70.6. The first-order chi connectivity index (χ1) is 35.6. The summed E-state index contributed by atoms with van der Waals surface area (Å²) in [6.45, 7) is 17.3. The summed E-state index contributed by atoms with van der Waals surface area (Å²) >= 11 is 1.15. The molecule has 0 spiro atoms. The van der Waals surface area contributed by atoms with Crippen LogP contribution in [0, 0.1) is 5.41 Å². The van der Waals surface area contributed by atoms with Crippen LogP contribution in [0.5, 0.6) is 0 Å². The number of carbonyl (C=O) groups excluding carboxylic acids is 1. The minimum Gasteiger partial charge on any atom is -0.458 e. The third kappa shape index (κ3) is 12.6. The first-order valence-electron chi connectivity index (χ1n) is 25.3. The summed E-state index contributed by atoms with van der Waals surface area (Å²) in [6.07, 6.45) is -3.09. The van der Waals surface area contributed by atoms with Gasteiger partial charge < -0.3 is 18.5 Å². The zero-order valence-electron chi connectivity index (χ0n) is 44.4. The van der Waals surface area contributed by atoms with Crippen LogP contribution in [0.15, 0.2) is 163 Å². The molecule has 0 saturated carbocycles. The summed E-state index contributed by atoms with van der Waals surface area (Å²) in [5.74, 6) is -0.146. The highest BCUT2D eigenvalue weighted by molar-refractivity contribution is 7.09. The van der Waals surface area contributed by atoms with E-state index in [2.05, 4.69) is 58.9 Å². The lowest BCUT2D eigenvalue weighted by atomic mass is 9.84. The van der Waals surface area contributed by atoms with Crippen LogP contribution in [0.25, 0.3) is 32.7 Å². The molecule has 0 fully saturated rings. The number of nitrogens with zero attached hydrogens (tertiary/aromatic N) is 5. The molecule has 2 atom stereocenters. The fourth-order valence-electron chi connectivity index (χ4n) is 9.88. The van der Waals surface area contributed by atoms with Gasteiger partial charge in [0.1, 0.15) is 23.0 Å². The third-order valence-corrected chi connectivity index (χ3v) is 19.0. The van der Waals surface area contributed by atoms with Gasteiger partial charge in [0.25, 0.3) is 8.32 Å². The summed E-state index contributed by atoms with van der Waals surface area (Å²) in [5.41, 5.74) is 4.12. The lowest BCUT2D eigenvalue weighted by molar-refractivity contribution is -0.156. The molecule has 0 amide bonds. The zero-order valence-corrected chi connectivity index (χ0v) is 46.2. The molecule has 0 N–H and O–H groups in total. The highest BCUT2D eigenvalue weighted by Gasteiger charge is 2.51. The number of hydrogen-bond acceptors (Lipinski definition) is 9. The van der Waals surface area contributed by atoms with Crippen LogP contribution in [-0.4, -0.2) is 70.4 Å². The molecule has 0 aliphatic heterocycles. The lowest BCUT2D eigenvalue weighted by Crippen LogP contribution is -2.67. The minimum absolute atomic E-state index is 0.0369. The molecule has 0 aliphatic rings. The van der Waals surface area contributed by atoms with Gasteiger partial charge in [-0.2, -0.15) is 17.5 Å². The number of carbonyl (C=O) groups is 1. The maximum atomic E-state index is 15.1. The third-order valence-electron chi connectivity index (χ3n) is 13.2. The fourth-order valence-corrected chi connectivity index (χ4v) is 15.3. The van der Waals surface area contributed by atoms with Crippen molar-refractivity contribution in [2.45, 2.75) is 111 Å². The van der Waals surface area contributed by atoms with Crippen molar-refractivity contribution < 1.29 is 31.9 Å². The monoisotopic (exact) mass is 1050 g/mol. The summed E-state index contributed by atoms with van der Waals surface area (Å²) in [6, 6.07) is 48.2. The van der Waals surface area contributed by atoms with Gasteiger partial charge in [-0.15, -0.1) is 0 Å². The van der Waals surface area contributed by atoms with Crippen molar-refractivity contribution in [3.63, 3.8) is 0 Å². The van der Waals surface area contributed by atoms with E-state index in [0.29, 0.717) is 68.6 Å². The van der Waals surface area contributed by atoms with E-state index in [1.165, 1.54) is 4.57 Å². The molecular formula is C61H66F3N5O4SSi. The molecule has 0 aliphatic carbocycles. The fraction of sp³-hybridized carbons (Fsp3) is 0.328. The minimum atomic E-state index is -4.57. The second-order valence-electron chi connectivity index (χ2n) is 21.8. The molecule has 390 valence electrons.